The Kier molecular flexibility index (Phi) is 5.45. The van der Waals surface area contributed by atoms with Crippen molar-refractivity contribution in [1.29, 1.82) is 0 Å². The predicted octanol–water partition coefficient (Wildman–Crippen LogP) is 3.72. The monoisotopic (exact) mass is 365 g/mol. The third-order valence-electron chi connectivity index (χ3n) is 4.61. The number of para-hydroxylation sites is 2. The number of carbonyl (C=O) groups is 1. The second-order valence-electron chi connectivity index (χ2n) is 6.16. The Balaban J connectivity index is 1.92. The van der Waals surface area contributed by atoms with Crippen LogP contribution in [0.25, 0.3) is 5.69 Å². The minimum Gasteiger partial charge on any atom is -0.496 e. The molecule has 1 unspecified atom stereocenters. The Morgan fingerprint density at radius 2 is 1.63 bits per heavy atom. The van der Waals surface area contributed by atoms with Gasteiger partial charge >= 0.3 is 0 Å². The van der Waals surface area contributed by atoms with Gasteiger partial charge in [0.2, 0.25) is 0 Å². The lowest BCUT2D eigenvalue weighted by molar-refractivity contribution is 0.0731. The zero-order valence-electron chi connectivity index (χ0n) is 15.9. The molecule has 1 atom stereocenters. The second-order valence-corrected chi connectivity index (χ2v) is 6.16. The number of hydrogen-bond donors (Lipinski definition) is 0. The second kappa shape index (κ2) is 7.95. The van der Waals surface area contributed by atoms with E-state index in [1.165, 1.54) is 7.11 Å². The largest absolute Gasteiger partial charge is 0.496 e. The van der Waals surface area contributed by atoms with E-state index in [9.17, 15) is 4.79 Å². The summed E-state index contributed by atoms with van der Waals surface area (Å²) in [6.07, 6.45) is 1.71. The molecule has 2 aromatic carbocycles. The highest BCUT2D eigenvalue weighted by Gasteiger charge is 2.26. The van der Waals surface area contributed by atoms with Crippen LogP contribution in [0.2, 0.25) is 0 Å². The van der Waals surface area contributed by atoms with Crippen LogP contribution in [0.4, 0.5) is 0 Å². The lowest BCUT2D eigenvalue weighted by atomic mass is 10.1. The molecule has 0 aliphatic heterocycles. The quantitative estimate of drug-likeness (QED) is 0.668. The standard InChI is InChI=1S/C21H23N3O3/c1-15(17-12-8-9-13-18(17)26-3)23(2)21(25)20-19(27-4)14-24(22-20)16-10-6-5-7-11-16/h5-15H,1-4H3. The highest BCUT2D eigenvalue weighted by molar-refractivity contribution is 5.95. The third kappa shape index (κ3) is 3.65. The van der Waals surface area contributed by atoms with Gasteiger partial charge in [-0.25, -0.2) is 4.68 Å². The minimum absolute atomic E-state index is 0.194. The van der Waals surface area contributed by atoms with Crippen LogP contribution < -0.4 is 9.47 Å². The van der Waals surface area contributed by atoms with Gasteiger partial charge in [0.15, 0.2) is 11.4 Å². The highest BCUT2D eigenvalue weighted by atomic mass is 16.5. The molecular weight excluding hydrogens is 342 g/mol. The normalized spacial score (nSPS) is 11.7. The number of hydrogen-bond acceptors (Lipinski definition) is 4. The van der Waals surface area contributed by atoms with E-state index in [4.69, 9.17) is 9.47 Å². The summed E-state index contributed by atoms with van der Waals surface area (Å²) in [4.78, 5) is 14.7. The van der Waals surface area contributed by atoms with Crippen LogP contribution in [0, 0.1) is 0 Å². The fourth-order valence-corrected chi connectivity index (χ4v) is 2.93. The summed E-state index contributed by atoms with van der Waals surface area (Å²) in [5.74, 6) is 0.953. The van der Waals surface area contributed by atoms with E-state index < -0.39 is 0 Å². The van der Waals surface area contributed by atoms with E-state index in [1.54, 1.807) is 29.9 Å². The first kappa shape index (κ1) is 18.5. The molecule has 27 heavy (non-hydrogen) atoms. The van der Waals surface area contributed by atoms with Crippen molar-refractivity contribution in [1.82, 2.24) is 14.7 Å². The van der Waals surface area contributed by atoms with Crippen molar-refractivity contribution in [3.05, 3.63) is 72.1 Å². The molecule has 3 rings (SSSR count). The SMILES string of the molecule is COc1ccccc1C(C)N(C)C(=O)c1nn(-c2ccccc2)cc1OC. The maximum Gasteiger partial charge on any atom is 0.278 e. The van der Waals surface area contributed by atoms with Gasteiger partial charge in [-0.1, -0.05) is 36.4 Å². The maximum absolute atomic E-state index is 13.1. The zero-order valence-corrected chi connectivity index (χ0v) is 15.9. The van der Waals surface area contributed by atoms with E-state index in [0.717, 1.165) is 17.0 Å². The van der Waals surface area contributed by atoms with Crippen LogP contribution in [-0.2, 0) is 0 Å². The molecular formula is C21H23N3O3. The molecule has 3 aromatic rings. The molecule has 1 heterocycles. The van der Waals surface area contributed by atoms with Crippen LogP contribution in [0.5, 0.6) is 11.5 Å². The summed E-state index contributed by atoms with van der Waals surface area (Å²) < 4.78 is 12.5. The fraction of sp³-hybridized carbons (Fsp3) is 0.238. The topological polar surface area (TPSA) is 56.6 Å². The van der Waals surface area contributed by atoms with Gasteiger partial charge in [0.1, 0.15) is 5.75 Å². The van der Waals surface area contributed by atoms with Crippen LogP contribution in [-0.4, -0.2) is 41.9 Å². The Morgan fingerprint density at radius 1 is 1.00 bits per heavy atom. The van der Waals surface area contributed by atoms with E-state index in [2.05, 4.69) is 5.10 Å². The lowest BCUT2D eigenvalue weighted by Gasteiger charge is -2.26. The van der Waals surface area contributed by atoms with E-state index in [1.807, 2.05) is 61.5 Å². The van der Waals surface area contributed by atoms with Gasteiger partial charge in [-0.2, -0.15) is 5.10 Å². The van der Waals surface area contributed by atoms with Crippen molar-refractivity contribution in [3.8, 4) is 17.2 Å². The molecule has 6 heteroatoms. The van der Waals surface area contributed by atoms with Gasteiger partial charge in [-0.15, -0.1) is 0 Å². The third-order valence-corrected chi connectivity index (χ3v) is 4.61. The summed E-state index contributed by atoms with van der Waals surface area (Å²) in [6.45, 7) is 1.95. The number of benzene rings is 2. The van der Waals surface area contributed by atoms with E-state index in [0.29, 0.717) is 5.75 Å². The molecule has 1 amide bonds. The summed E-state index contributed by atoms with van der Waals surface area (Å²) in [5, 5.41) is 4.46. The van der Waals surface area contributed by atoms with Crippen LogP contribution in [0.3, 0.4) is 0 Å². The first-order valence-electron chi connectivity index (χ1n) is 8.66. The number of nitrogens with zero attached hydrogens (tertiary/aromatic N) is 3. The van der Waals surface area contributed by atoms with Crippen molar-refractivity contribution in [3.63, 3.8) is 0 Å². The van der Waals surface area contributed by atoms with Gasteiger partial charge in [0.05, 0.1) is 32.1 Å². The average molecular weight is 365 g/mol. The van der Waals surface area contributed by atoms with E-state index >= 15 is 0 Å². The summed E-state index contributed by atoms with van der Waals surface area (Å²) in [5.41, 5.74) is 2.05. The molecule has 0 bridgehead atoms. The number of aromatic nitrogens is 2. The first-order chi connectivity index (χ1) is 13.1. The molecule has 140 valence electrons. The Bertz CT molecular complexity index is 921. The van der Waals surface area contributed by atoms with Gasteiger partial charge in [-0.05, 0) is 25.1 Å². The molecule has 0 spiro atoms. The molecule has 6 nitrogen and oxygen atoms in total. The molecule has 0 N–H and O–H groups in total. The summed E-state index contributed by atoms with van der Waals surface area (Å²) >= 11 is 0. The molecule has 0 saturated carbocycles. The lowest BCUT2D eigenvalue weighted by Crippen LogP contribution is -2.30. The number of rotatable bonds is 6. The summed E-state index contributed by atoms with van der Waals surface area (Å²) in [6, 6.07) is 17.1. The van der Waals surface area contributed by atoms with Crippen molar-refractivity contribution >= 4 is 5.91 Å². The number of methoxy groups -OCH3 is 2. The maximum atomic E-state index is 13.1. The van der Waals surface area contributed by atoms with E-state index in [-0.39, 0.29) is 17.6 Å². The van der Waals surface area contributed by atoms with Crippen LogP contribution in [0.15, 0.2) is 60.8 Å². The molecule has 0 fully saturated rings. The van der Waals surface area contributed by atoms with Gasteiger partial charge in [0.25, 0.3) is 5.91 Å². The summed E-state index contributed by atoms with van der Waals surface area (Å²) in [7, 11) is 4.91. The smallest absolute Gasteiger partial charge is 0.278 e. The van der Waals surface area contributed by atoms with Gasteiger partial charge in [0, 0.05) is 12.6 Å². The molecule has 0 aliphatic rings. The number of amides is 1. The first-order valence-corrected chi connectivity index (χ1v) is 8.66. The predicted molar refractivity (Wildman–Crippen MR) is 104 cm³/mol. The Morgan fingerprint density at radius 3 is 2.30 bits per heavy atom. The number of carbonyl (C=O) groups excluding carboxylic acids is 1. The average Bonchev–Trinajstić information content (AvgIpc) is 3.17. The van der Waals surface area contributed by atoms with Crippen molar-refractivity contribution in [2.75, 3.05) is 21.3 Å². The van der Waals surface area contributed by atoms with Gasteiger partial charge < -0.3 is 14.4 Å². The van der Waals surface area contributed by atoms with Crippen molar-refractivity contribution in [2.24, 2.45) is 0 Å². The van der Waals surface area contributed by atoms with Crippen LogP contribution >= 0.6 is 0 Å². The van der Waals surface area contributed by atoms with Crippen LogP contribution in [0.1, 0.15) is 29.0 Å². The van der Waals surface area contributed by atoms with Crippen molar-refractivity contribution < 1.29 is 14.3 Å². The number of ether oxygens (including phenoxy) is 2. The van der Waals surface area contributed by atoms with Gasteiger partial charge in [-0.3, -0.25) is 4.79 Å². The molecule has 0 saturated heterocycles. The molecule has 1 aromatic heterocycles. The Hall–Kier alpha value is -3.28. The zero-order chi connectivity index (χ0) is 19.4. The highest BCUT2D eigenvalue weighted by Crippen LogP contribution is 2.30. The molecule has 0 radical (unpaired) electrons. The molecule has 0 aliphatic carbocycles. The Labute approximate surface area is 158 Å². The fourth-order valence-electron chi connectivity index (χ4n) is 2.93. The minimum atomic E-state index is -0.222. The van der Waals surface area contributed by atoms with Crippen molar-refractivity contribution in [2.45, 2.75) is 13.0 Å².